The third-order valence-electron chi connectivity index (χ3n) is 1.52. The van der Waals surface area contributed by atoms with Crippen LogP contribution >= 0.6 is 0 Å². The lowest BCUT2D eigenvalue weighted by Gasteiger charge is -1.89. The average molecular weight is 123 g/mol. The number of rotatable bonds is 1. The van der Waals surface area contributed by atoms with Crippen LogP contribution in [0.4, 0.5) is 0 Å². The highest BCUT2D eigenvalue weighted by Crippen LogP contribution is 2.11. The van der Waals surface area contributed by atoms with Crippen LogP contribution in [0.15, 0.2) is 16.1 Å². The van der Waals surface area contributed by atoms with E-state index < -0.39 is 0 Å². The van der Waals surface area contributed by atoms with E-state index in [2.05, 4.69) is 4.99 Å². The number of allylic oxidation sites excluding steroid dienone is 1. The predicted octanol–water partition coefficient (Wildman–Crippen LogP) is 0.976. The van der Waals surface area contributed by atoms with E-state index in [9.17, 15) is 4.79 Å². The molecule has 1 aliphatic heterocycles. The first-order valence-electron chi connectivity index (χ1n) is 2.92. The van der Waals surface area contributed by atoms with Gasteiger partial charge in [0.25, 0.3) is 0 Å². The second-order valence-corrected chi connectivity index (χ2v) is 2.21. The average Bonchev–Trinajstić information content (AvgIpc) is 2.12. The van der Waals surface area contributed by atoms with Gasteiger partial charge in [-0.05, 0) is 19.4 Å². The molecule has 0 fully saturated rings. The molecule has 0 aromatic rings. The molecule has 0 aromatic heterocycles. The standard InChI is InChI=1S/C7H9NO/c1-5-3-8-6(2)7(5)4-9/h4H,3H2,1-2H3. The number of carbonyl (C=O) groups excluding carboxylic acids is 1. The van der Waals surface area contributed by atoms with Gasteiger partial charge in [-0.2, -0.15) is 0 Å². The molecular weight excluding hydrogens is 114 g/mol. The normalized spacial score (nSPS) is 18.2. The molecule has 0 unspecified atom stereocenters. The Bertz CT molecular complexity index is 201. The second kappa shape index (κ2) is 2.13. The largest absolute Gasteiger partial charge is 0.298 e. The minimum absolute atomic E-state index is 0.708. The Morgan fingerprint density at radius 3 is 2.44 bits per heavy atom. The summed E-state index contributed by atoms with van der Waals surface area (Å²) < 4.78 is 0. The SMILES string of the molecule is CC1=NCC(C)=C1C=O. The summed E-state index contributed by atoms with van der Waals surface area (Å²) >= 11 is 0. The van der Waals surface area contributed by atoms with E-state index in [-0.39, 0.29) is 0 Å². The van der Waals surface area contributed by atoms with E-state index in [4.69, 9.17) is 0 Å². The fourth-order valence-corrected chi connectivity index (χ4v) is 0.902. The van der Waals surface area contributed by atoms with E-state index in [1.165, 1.54) is 0 Å². The molecule has 0 amide bonds. The van der Waals surface area contributed by atoms with Gasteiger partial charge < -0.3 is 0 Å². The summed E-state index contributed by atoms with van der Waals surface area (Å²) in [5.74, 6) is 0. The van der Waals surface area contributed by atoms with Crippen LogP contribution in [0.1, 0.15) is 13.8 Å². The summed E-state index contributed by atoms with van der Waals surface area (Å²) in [5, 5.41) is 0. The Morgan fingerprint density at radius 2 is 2.22 bits per heavy atom. The Kier molecular flexibility index (Phi) is 1.47. The van der Waals surface area contributed by atoms with Crippen molar-refractivity contribution in [3.8, 4) is 0 Å². The van der Waals surface area contributed by atoms with Crippen LogP contribution in [-0.2, 0) is 4.79 Å². The highest BCUT2D eigenvalue weighted by Gasteiger charge is 2.09. The molecule has 0 aliphatic carbocycles. The molecule has 0 saturated carbocycles. The number of nitrogens with zero attached hydrogens (tertiary/aromatic N) is 1. The van der Waals surface area contributed by atoms with Gasteiger partial charge in [-0.3, -0.25) is 9.79 Å². The molecule has 48 valence electrons. The van der Waals surface area contributed by atoms with Crippen LogP contribution in [0.5, 0.6) is 0 Å². The van der Waals surface area contributed by atoms with Crippen LogP contribution in [0, 0.1) is 0 Å². The van der Waals surface area contributed by atoms with Crippen molar-refractivity contribution in [1.82, 2.24) is 0 Å². The van der Waals surface area contributed by atoms with Crippen molar-refractivity contribution in [1.29, 1.82) is 0 Å². The zero-order valence-electron chi connectivity index (χ0n) is 5.64. The molecule has 2 nitrogen and oxygen atoms in total. The van der Waals surface area contributed by atoms with Gasteiger partial charge >= 0.3 is 0 Å². The molecule has 0 spiro atoms. The molecule has 2 heteroatoms. The molecule has 9 heavy (non-hydrogen) atoms. The first-order valence-corrected chi connectivity index (χ1v) is 2.92. The molecule has 1 heterocycles. The zero-order chi connectivity index (χ0) is 6.85. The maximum absolute atomic E-state index is 10.3. The third-order valence-corrected chi connectivity index (χ3v) is 1.52. The van der Waals surface area contributed by atoms with Gasteiger partial charge in [0.15, 0.2) is 6.29 Å². The van der Waals surface area contributed by atoms with Crippen molar-refractivity contribution in [2.75, 3.05) is 6.54 Å². The quantitative estimate of drug-likeness (QED) is 0.478. The van der Waals surface area contributed by atoms with Crippen molar-refractivity contribution < 1.29 is 4.79 Å². The summed E-state index contributed by atoms with van der Waals surface area (Å²) in [6.07, 6.45) is 0.876. The molecule has 0 bridgehead atoms. The van der Waals surface area contributed by atoms with Crippen LogP contribution < -0.4 is 0 Å². The summed E-state index contributed by atoms with van der Waals surface area (Å²) in [7, 11) is 0. The zero-order valence-corrected chi connectivity index (χ0v) is 5.64. The monoisotopic (exact) mass is 123 g/mol. The summed E-state index contributed by atoms with van der Waals surface area (Å²) in [6.45, 7) is 4.50. The lowest BCUT2D eigenvalue weighted by Crippen LogP contribution is -1.94. The number of hydrogen-bond acceptors (Lipinski definition) is 2. The van der Waals surface area contributed by atoms with E-state index in [0.29, 0.717) is 6.54 Å². The molecule has 0 aromatic carbocycles. The fraction of sp³-hybridized carbons (Fsp3) is 0.429. The van der Waals surface area contributed by atoms with Gasteiger partial charge in [-0.1, -0.05) is 0 Å². The third kappa shape index (κ3) is 0.922. The van der Waals surface area contributed by atoms with Crippen LogP contribution in [-0.4, -0.2) is 18.5 Å². The van der Waals surface area contributed by atoms with Crippen LogP contribution in [0.3, 0.4) is 0 Å². The van der Waals surface area contributed by atoms with Gasteiger partial charge in [0.1, 0.15) is 0 Å². The molecule has 1 aliphatic rings. The lowest BCUT2D eigenvalue weighted by atomic mass is 10.1. The topological polar surface area (TPSA) is 29.4 Å². The molecule has 0 saturated heterocycles. The Balaban J connectivity index is 2.96. The molecule has 0 N–H and O–H groups in total. The number of aliphatic imine (C=N–C) groups is 1. The maximum atomic E-state index is 10.3. The van der Waals surface area contributed by atoms with Crippen molar-refractivity contribution in [3.63, 3.8) is 0 Å². The maximum Gasteiger partial charge on any atom is 0.151 e. The Morgan fingerprint density at radius 1 is 1.56 bits per heavy atom. The lowest BCUT2D eigenvalue weighted by molar-refractivity contribution is -0.104. The number of carbonyl (C=O) groups is 1. The van der Waals surface area contributed by atoms with Gasteiger partial charge in [-0.25, -0.2) is 0 Å². The van der Waals surface area contributed by atoms with Crippen LogP contribution in [0.2, 0.25) is 0 Å². The van der Waals surface area contributed by atoms with Gasteiger partial charge in [-0.15, -0.1) is 0 Å². The van der Waals surface area contributed by atoms with Crippen molar-refractivity contribution in [2.24, 2.45) is 4.99 Å². The first kappa shape index (κ1) is 6.20. The minimum Gasteiger partial charge on any atom is -0.298 e. The van der Waals surface area contributed by atoms with E-state index in [1.807, 2.05) is 13.8 Å². The summed E-state index contributed by atoms with van der Waals surface area (Å²) in [5.41, 5.74) is 2.75. The van der Waals surface area contributed by atoms with E-state index in [1.54, 1.807) is 0 Å². The molecular formula is C7H9NO. The van der Waals surface area contributed by atoms with E-state index >= 15 is 0 Å². The number of aldehydes is 1. The first-order chi connectivity index (χ1) is 4.25. The van der Waals surface area contributed by atoms with Crippen LogP contribution in [0.25, 0.3) is 0 Å². The highest BCUT2D eigenvalue weighted by atomic mass is 16.1. The Labute approximate surface area is 54.3 Å². The summed E-state index contributed by atoms with van der Waals surface area (Å²) in [6, 6.07) is 0. The second-order valence-electron chi connectivity index (χ2n) is 2.21. The van der Waals surface area contributed by atoms with Crippen molar-refractivity contribution in [3.05, 3.63) is 11.1 Å². The Hall–Kier alpha value is -0.920. The van der Waals surface area contributed by atoms with Gasteiger partial charge in [0, 0.05) is 11.3 Å². The molecule has 0 radical (unpaired) electrons. The predicted molar refractivity (Wildman–Crippen MR) is 36.7 cm³/mol. The molecule has 1 rings (SSSR count). The van der Waals surface area contributed by atoms with E-state index in [0.717, 1.165) is 23.1 Å². The summed E-state index contributed by atoms with van der Waals surface area (Å²) in [4.78, 5) is 14.4. The number of hydrogen-bond donors (Lipinski definition) is 0. The fourth-order valence-electron chi connectivity index (χ4n) is 0.902. The van der Waals surface area contributed by atoms with Crippen molar-refractivity contribution >= 4 is 12.0 Å². The minimum atomic E-state index is 0.708. The van der Waals surface area contributed by atoms with Crippen molar-refractivity contribution in [2.45, 2.75) is 13.8 Å². The highest BCUT2D eigenvalue weighted by molar-refractivity contribution is 6.15. The molecule has 0 atom stereocenters. The smallest absolute Gasteiger partial charge is 0.151 e. The van der Waals surface area contributed by atoms with Gasteiger partial charge in [0.2, 0.25) is 0 Å². The van der Waals surface area contributed by atoms with Gasteiger partial charge in [0.05, 0.1) is 6.54 Å².